The average Bonchev–Trinajstić information content (AvgIpc) is 3.58. The number of hydrogen-bond acceptors (Lipinski definition) is 7. The number of phenolic OH excluding ortho intramolecular Hbond substituents is 1. The van der Waals surface area contributed by atoms with E-state index in [2.05, 4.69) is 18.2 Å². The smallest absolute Gasteiger partial charge is 0.241 e. The van der Waals surface area contributed by atoms with Crippen molar-refractivity contribution in [1.29, 1.82) is 0 Å². The zero-order valence-electron chi connectivity index (χ0n) is 22.6. The normalized spacial score (nSPS) is 19.7. The standard InChI is InChI=1S/C32H30N2O5S/c1-32-24-15-22(14-20-8-5-4-6-9-20)16-25(35)29(24)40-30(32)33-28(34(31(32)36)19-23-10-7-13-39-23)18-21-11-12-26(37-2)27(17-21)38-3/h4-13,15-17,30,35H,14,18-19H2,1-3H3. The SMILES string of the molecule is COc1ccc(CC2=NC3Sc4c(O)cc(Cc5ccccc5)cc4C3(C)C(=O)N2Cc2ccco2)cc1OC. The molecule has 1 N–H and O–H groups in total. The lowest BCUT2D eigenvalue weighted by atomic mass is 9.78. The van der Waals surface area contributed by atoms with Gasteiger partial charge in [0.05, 0.1) is 31.9 Å². The van der Waals surface area contributed by atoms with Gasteiger partial charge in [-0.05, 0) is 65.9 Å². The van der Waals surface area contributed by atoms with Crippen LogP contribution < -0.4 is 9.47 Å². The van der Waals surface area contributed by atoms with Gasteiger partial charge in [-0.2, -0.15) is 0 Å². The fraction of sp³-hybridized carbons (Fsp3) is 0.250. The number of methoxy groups -OCH3 is 2. The maximum absolute atomic E-state index is 14.5. The Balaban J connectivity index is 1.40. The summed E-state index contributed by atoms with van der Waals surface area (Å²) in [5, 5.41) is 10.7. The summed E-state index contributed by atoms with van der Waals surface area (Å²) in [6.45, 7) is 2.20. The van der Waals surface area contributed by atoms with Crippen molar-refractivity contribution in [2.45, 2.75) is 42.0 Å². The van der Waals surface area contributed by atoms with Crippen molar-refractivity contribution in [2.24, 2.45) is 4.99 Å². The van der Waals surface area contributed by atoms with Crippen LogP contribution in [0, 0.1) is 0 Å². The first-order valence-corrected chi connectivity index (χ1v) is 14.0. The van der Waals surface area contributed by atoms with Gasteiger partial charge >= 0.3 is 0 Å². The lowest BCUT2D eigenvalue weighted by molar-refractivity contribution is -0.134. The Morgan fingerprint density at radius 2 is 1.75 bits per heavy atom. The zero-order valence-corrected chi connectivity index (χ0v) is 23.4. The van der Waals surface area contributed by atoms with Gasteiger partial charge in [-0.25, -0.2) is 0 Å². The molecule has 2 atom stereocenters. The molecule has 0 saturated carbocycles. The molecule has 0 aliphatic carbocycles. The van der Waals surface area contributed by atoms with E-state index in [1.807, 2.05) is 55.5 Å². The fourth-order valence-corrected chi connectivity index (χ4v) is 6.93. The topological polar surface area (TPSA) is 84.5 Å². The van der Waals surface area contributed by atoms with E-state index in [1.165, 1.54) is 11.8 Å². The van der Waals surface area contributed by atoms with Crippen LogP contribution in [0.1, 0.15) is 34.9 Å². The number of nitrogens with zero attached hydrogens (tertiary/aromatic N) is 2. The maximum Gasteiger partial charge on any atom is 0.241 e. The molecule has 2 aliphatic rings. The minimum absolute atomic E-state index is 0.0677. The summed E-state index contributed by atoms with van der Waals surface area (Å²) < 4.78 is 16.5. The number of amidine groups is 1. The third kappa shape index (κ3) is 4.52. The molecule has 0 saturated heterocycles. The van der Waals surface area contributed by atoms with Gasteiger partial charge in [-0.1, -0.05) is 54.2 Å². The Hall–Kier alpha value is -4.17. The molecule has 3 heterocycles. The van der Waals surface area contributed by atoms with Gasteiger partial charge in [0.15, 0.2) is 11.5 Å². The minimum atomic E-state index is -0.947. The molecule has 40 heavy (non-hydrogen) atoms. The van der Waals surface area contributed by atoms with E-state index in [9.17, 15) is 9.90 Å². The highest BCUT2D eigenvalue weighted by Crippen LogP contribution is 2.56. The predicted octanol–water partition coefficient (Wildman–Crippen LogP) is 5.97. The molecule has 8 heteroatoms. The van der Waals surface area contributed by atoms with Crippen LogP contribution >= 0.6 is 11.8 Å². The first-order chi connectivity index (χ1) is 19.4. The van der Waals surface area contributed by atoms with Crippen molar-refractivity contribution in [3.8, 4) is 17.2 Å². The number of phenols is 1. The third-order valence-corrected chi connectivity index (χ3v) is 9.10. The summed E-state index contributed by atoms with van der Waals surface area (Å²) in [4.78, 5) is 22.1. The molecule has 0 bridgehead atoms. The van der Waals surface area contributed by atoms with Crippen molar-refractivity contribution in [2.75, 3.05) is 14.2 Å². The Morgan fingerprint density at radius 1 is 0.950 bits per heavy atom. The van der Waals surface area contributed by atoms with Crippen LogP contribution in [-0.4, -0.2) is 41.3 Å². The van der Waals surface area contributed by atoms with Gasteiger partial charge in [0.1, 0.15) is 28.1 Å². The Labute approximate surface area is 237 Å². The van der Waals surface area contributed by atoms with Crippen molar-refractivity contribution in [3.63, 3.8) is 0 Å². The monoisotopic (exact) mass is 554 g/mol. The second-order valence-corrected chi connectivity index (χ2v) is 11.3. The van der Waals surface area contributed by atoms with E-state index in [-0.39, 0.29) is 18.2 Å². The van der Waals surface area contributed by atoms with Crippen molar-refractivity contribution < 1.29 is 23.8 Å². The first kappa shape index (κ1) is 26.1. The molecule has 7 nitrogen and oxygen atoms in total. The largest absolute Gasteiger partial charge is 0.507 e. The van der Waals surface area contributed by atoms with Gasteiger partial charge in [-0.3, -0.25) is 14.7 Å². The van der Waals surface area contributed by atoms with E-state index < -0.39 is 10.8 Å². The van der Waals surface area contributed by atoms with E-state index in [1.54, 1.807) is 31.4 Å². The van der Waals surface area contributed by atoms with Gasteiger partial charge < -0.3 is 19.0 Å². The summed E-state index contributed by atoms with van der Waals surface area (Å²) in [7, 11) is 3.20. The van der Waals surface area contributed by atoms with E-state index in [0.717, 1.165) is 22.3 Å². The summed E-state index contributed by atoms with van der Waals surface area (Å²) in [5.41, 5.74) is 2.90. The predicted molar refractivity (Wildman–Crippen MR) is 154 cm³/mol. The van der Waals surface area contributed by atoms with Crippen LogP contribution in [0.2, 0.25) is 0 Å². The van der Waals surface area contributed by atoms with Crippen LogP contribution in [-0.2, 0) is 29.6 Å². The second kappa shape index (κ2) is 10.4. The number of furan rings is 1. The summed E-state index contributed by atoms with van der Waals surface area (Å²) in [6.07, 6.45) is 2.68. The van der Waals surface area contributed by atoms with Crippen molar-refractivity contribution in [1.82, 2.24) is 4.90 Å². The van der Waals surface area contributed by atoms with E-state index in [4.69, 9.17) is 18.9 Å². The Bertz CT molecular complexity index is 1580. The number of fused-ring (bicyclic) bond motifs is 3. The number of aromatic hydroxyl groups is 1. The number of carbonyl (C=O) groups is 1. The van der Waals surface area contributed by atoms with Crippen molar-refractivity contribution >= 4 is 23.5 Å². The fourth-order valence-electron chi connectivity index (χ4n) is 5.49. The quantitative estimate of drug-likeness (QED) is 0.289. The van der Waals surface area contributed by atoms with Crippen molar-refractivity contribution in [3.05, 3.63) is 107 Å². The molecule has 204 valence electrons. The summed E-state index contributed by atoms with van der Waals surface area (Å²) in [6, 6.07) is 23.4. The van der Waals surface area contributed by atoms with Crippen LogP contribution in [0.4, 0.5) is 0 Å². The molecule has 1 amide bonds. The van der Waals surface area contributed by atoms with Gasteiger partial charge in [-0.15, -0.1) is 0 Å². The van der Waals surface area contributed by atoms with Crippen LogP contribution in [0.3, 0.4) is 0 Å². The molecule has 4 aromatic rings. The summed E-state index contributed by atoms with van der Waals surface area (Å²) in [5.74, 6) is 2.68. The molecule has 2 unspecified atom stereocenters. The molecular formula is C32H30N2O5S. The second-order valence-electron chi connectivity index (χ2n) is 10.2. The number of ether oxygens (including phenoxy) is 2. The molecule has 0 radical (unpaired) electrons. The van der Waals surface area contributed by atoms with Crippen LogP contribution in [0.5, 0.6) is 17.2 Å². The van der Waals surface area contributed by atoms with Crippen LogP contribution in [0.15, 0.2) is 93.4 Å². The van der Waals surface area contributed by atoms with E-state index >= 15 is 0 Å². The lowest BCUT2D eigenvalue weighted by Crippen LogP contribution is -2.55. The van der Waals surface area contributed by atoms with Gasteiger partial charge in [0, 0.05) is 6.42 Å². The molecule has 2 aliphatic heterocycles. The minimum Gasteiger partial charge on any atom is -0.507 e. The summed E-state index contributed by atoms with van der Waals surface area (Å²) >= 11 is 1.45. The van der Waals surface area contributed by atoms with Gasteiger partial charge in [0.25, 0.3) is 0 Å². The maximum atomic E-state index is 14.5. The highest BCUT2D eigenvalue weighted by Gasteiger charge is 2.55. The zero-order chi connectivity index (χ0) is 27.9. The number of thioether (sulfide) groups is 1. The van der Waals surface area contributed by atoms with Crippen LogP contribution in [0.25, 0.3) is 0 Å². The average molecular weight is 555 g/mol. The van der Waals surface area contributed by atoms with E-state index in [0.29, 0.717) is 40.8 Å². The number of benzene rings is 3. The molecule has 0 spiro atoms. The molecule has 1 aromatic heterocycles. The number of aliphatic imine (C=N–C) groups is 1. The van der Waals surface area contributed by atoms with Gasteiger partial charge in [0.2, 0.25) is 5.91 Å². The molecule has 3 aromatic carbocycles. The molecular weight excluding hydrogens is 524 g/mol. The Morgan fingerprint density at radius 3 is 2.48 bits per heavy atom. The first-order valence-electron chi connectivity index (χ1n) is 13.1. The third-order valence-electron chi connectivity index (χ3n) is 7.63. The number of rotatable bonds is 8. The number of carbonyl (C=O) groups excluding carboxylic acids is 1. The molecule has 6 rings (SSSR count). The highest BCUT2D eigenvalue weighted by molar-refractivity contribution is 8.00. The lowest BCUT2D eigenvalue weighted by Gasteiger charge is -2.39. The highest BCUT2D eigenvalue weighted by atomic mass is 32.2. The number of amides is 1. The number of hydrogen-bond donors (Lipinski definition) is 1. The molecule has 0 fully saturated rings. The Kier molecular flexibility index (Phi) is 6.80.